The molecule has 0 aliphatic rings. The van der Waals surface area contributed by atoms with E-state index in [9.17, 15) is 26.3 Å². The normalized spacial score (nSPS) is 13.8. The second-order valence-corrected chi connectivity index (χ2v) is 6.79. The summed E-state index contributed by atoms with van der Waals surface area (Å²) >= 11 is 0. The van der Waals surface area contributed by atoms with Gasteiger partial charge in [-0.3, -0.25) is 0 Å². The molecule has 1 aromatic heterocycles. The second kappa shape index (κ2) is 11.1. The molecule has 0 aliphatic heterocycles. The lowest BCUT2D eigenvalue weighted by atomic mass is 10.0. The number of carboxylic acids is 1. The van der Waals surface area contributed by atoms with Crippen LogP contribution in [-0.2, 0) is 23.8 Å². The largest absolute Gasteiger partial charge is 0.490 e. The smallest absolute Gasteiger partial charge is 0.475 e. The molecule has 12 heteroatoms. The summed E-state index contributed by atoms with van der Waals surface area (Å²) in [4.78, 5) is 13.2. The molecule has 0 fully saturated rings. The Morgan fingerprint density at radius 3 is 2.32 bits per heavy atom. The second-order valence-electron chi connectivity index (χ2n) is 6.79. The van der Waals surface area contributed by atoms with E-state index in [-0.39, 0.29) is 12.1 Å². The van der Waals surface area contributed by atoms with Gasteiger partial charge in [0.05, 0.1) is 11.6 Å². The van der Waals surface area contributed by atoms with Gasteiger partial charge in [-0.25, -0.2) is 4.79 Å². The van der Waals surface area contributed by atoms with Crippen LogP contribution in [0.5, 0.6) is 0 Å². The van der Waals surface area contributed by atoms with Crippen molar-refractivity contribution in [1.82, 2.24) is 15.5 Å². The molecule has 1 heterocycles. The fourth-order valence-electron chi connectivity index (χ4n) is 2.55. The Morgan fingerprint density at radius 2 is 1.81 bits per heavy atom. The molecule has 0 saturated carbocycles. The number of halogens is 6. The van der Waals surface area contributed by atoms with Gasteiger partial charge in [0.25, 0.3) is 0 Å². The number of nitrogens with zero attached hydrogens (tertiary/aromatic N) is 2. The first-order valence-electron chi connectivity index (χ1n) is 9.28. The van der Waals surface area contributed by atoms with Gasteiger partial charge < -0.3 is 14.9 Å². The summed E-state index contributed by atoms with van der Waals surface area (Å²) in [6.45, 7) is 5.85. The number of hydrogen-bond donors (Lipinski definition) is 2. The van der Waals surface area contributed by atoms with Crippen molar-refractivity contribution in [2.45, 2.75) is 64.5 Å². The van der Waals surface area contributed by atoms with Crippen molar-refractivity contribution < 1.29 is 40.8 Å². The van der Waals surface area contributed by atoms with Gasteiger partial charge in [-0.2, -0.15) is 31.3 Å². The minimum absolute atomic E-state index is 0.0370. The number of aliphatic carboxylic acids is 1. The number of alkyl halides is 6. The lowest BCUT2D eigenvalue weighted by Crippen LogP contribution is -2.31. The van der Waals surface area contributed by atoms with Gasteiger partial charge in [0.2, 0.25) is 5.89 Å². The monoisotopic (exact) mass is 455 g/mol. The fourth-order valence-corrected chi connectivity index (χ4v) is 2.55. The Morgan fingerprint density at radius 1 is 1.19 bits per heavy atom. The third-order valence-electron chi connectivity index (χ3n) is 3.90. The van der Waals surface area contributed by atoms with E-state index < -0.39 is 23.9 Å². The Kier molecular flexibility index (Phi) is 9.47. The summed E-state index contributed by atoms with van der Waals surface area (Å²) in [5.41, 5.74) is 0.00980. The summed E-state index contributed by atoms with van der Waals surface area (Å²) in [6.07, 6.45) is -7.23. The standard InChI is InChI=1S/C17H22F3N3O.C2HF3O2/c1-4-6-15-22-16(24-23-15)12(3)21-11(2)9-13-7-5-8-14(10-13)17(18,19)20;3-2(4,5)1(6)7/h5,7-8,10-12,21H,4,6,9H2,1-3H3;(H,6,7). The van der Waals surface area contributed by atoms with Crippen LogP contribution in [0.2, 0.25) is 0 Å². The number of carbonyl (C=O) groups is 1. The van der Waals surface area contributed by atoms with E-state index in [4.69, 9.17) is 14.4 Å². The molecule has 2 aromatic rings. The number of nitrogens with one attached hydrogen (secondary N) is 1. The van der Waals surface area contributed by atoms with Crippen molar-refractivity contribution in [3.05, 3.63) is 47.1 Å². The topological polar surface area (TPSA) is 88.3 Å². The van der Waals surface area contributed by atoms with Gasteiger partial charge in [-0.05, 0) is 38.3 Å². The van der Waals surface area contributed by atoms with Gasteiger partial charge in [0.15, 0.2) is 5.82 Å². The van der Waals surface area contributed by atoms with Crippen molar-refractivity contribution in [1.29, 1.82) is 0 Å². The molecule has 0 saturated heterocycles. The average molecular weight is 455 g/mol. The molecule has 0 amide bonds. The molecule has 31 heavy (non-hydrogen) atoms. The Balaban J connectivity index is 0.000000592. The van der Waals surface area contributed by atoms with Crippen LogP contribution in [0, 0.1) is 0 Å². The third kappa shape index (κ3) is 9.37. The van der Waals surface area contributed by atoms with Crippen LogP contribution in [0.4, 0.5) is 26.3 Å². The number of aromatic nitrogens is 2. The zero-order chi connectivity index (χ0) is 23.8. The van der Waals surface area contributed by atoms with E-state index >= 15 is 0 Å². The number of carboxylic acid groups (broad SMARTS) is 1. The average Bonchev–Trinajstić information content (AvgIpc) is 3.10. The maximum Gasteiger partial charge on any atom is 0.490 e. The summed E-state index contributed by atoms with van der Waals surface area (Å²) in [5.74, 6) is -1.59. The van der Waals surface area contributed by atoms with Crippen LogP contribution in [0.1, 0.15) is 56.1 Å². The molecule has 0 aliphatic carbocycles. The highest BCUT2D eigenvalue weighted by Gasteiger charge is 2.38. The maximum atomic E-state index is 12.8. The lowest BCUT2D eigenvalue weighted by molar-refractivity contribution is -0.192. The van der Waals surface area contributed by atoms with E-state index in [0.717, 1.165) is 18.9 Å². The van der Waals surface area contributed by atoms with E-state index in [0.29, 0.717) is 23.7 Å². The first-order valence-corrected chi connectivity index (χ1v) is 9.28. The summed E-state index contributed by atoms with van der Waals surface area (Å²) in [5, 5.41) is 14.3. The van der Waals surface area contributed by atoms with Gasteiger partial charge in [0.1, 0.15) is 0 Å². The van der Waals surface area contributed by atoms with Crippen LogP contribution in [-0.4, -0.2) is 33.4 Å². The number of benzene rings is 1. The zero-order valence-electron chi connectivity index (χ0n) is 17.0. The zero-order valence-corrected chi connectivity index (χ0v) is 17.0. The minimum atomic E-state index is -5.08. The van der Waals surface area contributed by atoms with Crippen LogP contribution in [0.3, 0.4) is 0 Å². The molecule has 1 aromatic carbocycles. The summed E-state index contributed by atoms with van der Waals surface area (Å²) < 4.78 is 75.2. The van der Waals surface area contributed by atoms with Crippen LogP contribution >= 0.6 is 0 Å². The molecule has 174 valence electrons. The molecule has 2 N–H and O–H groups in total. The Labute approximate surface area is 174 Å². The number of aryl methyl sites for hydroxylation is 1. The molecule has 2 atom stereocenters. The molecular formula is C19H23F6N3O3. The SMILES string of the molecule is CCCc1noc(C(C)NC(C)Cc2cccc(C(F)(F)F)c2)n1.O=C(O)C(F)(F)F. The lowest BCUT2D eigenvalue weighted by Gasteiger charge is -2.18. The molecule has 0 spiro atoms. The molecule has 0 radical (unpaired) electrons. The van der Waals surface area contributed by atoms with Crippen molar-refractivity contribution in [3.8, 4) is 0 Å². The number of rotatable bonds is 7. The molecule has 2 rings (SSSR count). The predicted molar refractivity (Wildman–Crippen MR) is 98.1 cm³/mol. The van der Waals surface area contributed by atoms with Crippen LogP contribution in [0.15, 0.2) is 28.8 Å². The Bertz CT molecular complexity index is 836. The highest BCUT2D eigenvalue weighted by Crippen LogP contribution is 2.29. The fraction of sp³-hybridized carbons (Fsp3) is 0.526. The van der Waals surface area contributed by atoms with Gasteiger partial charge in [-0.15, -0.1) is 0 Å². The molecule has 6 nitrogen and oxygen atoms in total. The van der Waals surface area contributed by atoms with E-state index in [2.05, 4.69) is 15.5 Å². The van der Waals surface area contributed by atoms with E-state index in [1.54, 1.807) is 6.07 Å². The van der Waals surface area contributed by atoms with Crippen molar-refractivity contribution >= 4 is 5.97 Å². The summed E-state index contributed by atoms with van der Waals surface area (Å²) in [7, 11) is 0. The van der Waals surface area contributed by atoms with Crippen molar-refractivity contribution in [3.63, 3.8) is 0 Å². The van der Waals surface area contributed by atoms with E-state index in [1.165, 1.54) is 12.1 Å². The molecule has 2 unspecified atom stereocenters. The quantitative estimate of drug-likeness (QED) is 0.574. The first kappa shape index (κ1) is 26.4. The van der Waals surface area contributed by atoms with Gasteiger partial charge in [-0.1, -0.05) is 30.3 Å². The van der Waals surface area contributed by atoms with Gasteiger partial charge in [0, 0.05) is 12.5 Å². The van der Waals surface area contributed by atoms with Crippen LogP contribution < -0.4 is 5.32 Å². The first-order chi connectivity index (χ1) is 14.2. The highest BCUT2D eigenvalue weighted by atomic mass is 19.4. The summed E-state index contributed by atoms with van der Waals surface area (Å²) in [6, 6.07) is 5.20. The molecular weight excluding hydrogens is 432 g/mol. The predicted octanol–water partition coefficient (Wildman–Crippen LogP) is 4.96. The van der Waals surface area contributed by atoms with Gasteiger partial charge >= 0.3 is 18.3 Å². The molecule has 0 bridgehead atoms. The number of hydrogen-bond acceptors (Lipinski definition) is 5. The third-order valence-corrected chi connectivity index (χ3v) is 3.90. The van der Waals surface area contributed by atoms with Crippen LogP contribution in [0.25, 0.3) is 0 Å². The minimum Gasteiger partial charge on any atom is -0.475 e. The Hall–Kier alpha value is -2.63. The van der Waals surface area contributed by atoms with Crippen molar-refractivity contribution in [2.24, 2.45) is 0 Å². The highest BCUT2D eigenvalue weighted by molar-refractivity contribution is 5.73. The van der Waals surface area contributed by atoms with Crippen molar-refractivity contribution in [2.75, 3.05) is 0 Å². The van der Waals surface area contributed by atoms with E-state index in [1.807, 2.05) is 20.8 Å². The maximum absolute atomic E-state index is 12.8.